The Bertz CT molecular complexity index is 142. The van der Waals surface area contributed by atoms with Crippen LogP contribution >= 0.6 is 0 Å². The van der Waals surface area contributed by atoms with E-state index in [4.69, 9.17) is 0 Å². The van der Waals surface area contributed by atoms with Gasteiger partial charge in [0.15, 0.2) is 0 Å². The molecule has 0 aromatic heterocycles. The first-order chi connectivity index (χ1) is 4.29. The largest absolute Gasteiger partial charge is 0.359 e. The number of amides is 1. The second-order valence-electron chi connectivity index (χ2n) is 2.36. The minimum Gasteiger partial charge on any atom is -0.359 e. The average Bonchev–Trinajstić information content (AvgIpc) is 2.64. The Morgan fingerprint density at radius 3 is 2.89 bits per heavy atom. The summed E-state index contributed by atoms with van der Waals surface area (Å²) < 4.78 is 0. The van der Waals surface area contributed by atoms with E-state index >= 15 is 0 Å². The minimum absolute atomic E-state index is 0.153. The number of nitrogens with one attached hydrogen (secondary N) is 1. The highest BCUT2D eigenvalue weighted by molar-refractivity contribution is 5.81. The van der Waals surface area contributed by atoms with E-state index in [1.54, 1.807) is 7.05 Å². The Morgan fingerprint density at radius 1 is 1.89 bits per heavy atom. The number of hydrogen-bond donors (Lipinski definition) is 1. The lowest BCUT2D eigenvalue weighted by Crippen LogP contribution is -2.20. The fourth-order valence-electron chi connectivity index (χ4n) is 0.962. The van der Waals surface area contributed by atoms with Crippen molar-refractivity contribution in [3.05, 3.63) is 12.7 Å². The van der Waals surface area contributed by atoms with Gasteiger partial charge in [0.05, 0.1) is 0 Å². The van der Waals surface area contributed by atoms with E-state index in [0.717, 1.165) is 6.42 Å². The van der Waals surface area contributed by atoms with Crippen molar-refractivity contribution < 1.29 is 4.79 Å². The third-order valence-electron chi connectivity index (χ3n) is 1.73. The van der Waals surface area contributed by atoms with Crippen LogP contribution in [0, 0.1) is 11.8 Å². The molecular formula is C7H11NO. The summed E-state index contributed by atoms with van der Waals surface area (Å²) in [6.07, 6.45) is 2.84. The van der Waals surface area contributed by atoms with E-state index in [-0.39, 0.29) is 11.8 Å². The lowest BCUT2D eigenvalue weighted by Gasteiger charge is -1.92. The maximum Gasteiger partial charge on any atom is 0.223 e. The van der Waals surface area contributed by atoms with Crippen LogP contribution in [0.4, 0.5) is 0 Å². The van der Waals surface area contributed by atoms with Crippen molar-refractivity contribution in [1.82, 2.24) is 5.32 Å². The van der Waals surface area contributed by atoms with E-state index in [0.29, 0.717) is 5.92 Å². The minimum atomic E-state index is 0.153. The van der Waals surface area contributed by atoms with Crippen molar-refractivity contribution >= 4 is 5.91 Å². The first-order valence-corrected chi connectivity index (χ1v) is 3.13. The molecule has 0 radical (unpaired) electrons. The molecule has 0 saturated heterocycles. The summed E-state index contributed by atoms with van der Waals surface area (Å²) in [5.74, 6) is 0.831. The molecule has 0 unspecified atom stereocenters. The van der Waals surface area contributed by atoms with Crippen LogP contribution in [0.25, 0.3) is 0 Å². The van der Waals surface area contributed by atoms with Gasteiger partial charge in [-0.05, 0) is 12.3 Å². The molecule has 2 atom stereocenters. The van der Waals surface area contributed by atoms with E-state index in [1.807, 2.05) is 6.08 Å². The Balaban J connectivity index is 2.33. The molecule has 1 rings (SSSR count). The molecule has 1 N–H and O–H groups in total. The van der Waals surface area contributed by atoms with Gasteiger partial charge < -0.3 is 5.32 Å². The quantitative estimate of drug-likeness (QED) is 0.537. The predicted molar refractivity (Wildman–Crippen MR) is 35.9 cm³/mol. The zero-order valence-corrected chi connectivity index (χ0v) is 5.55. The molecular weight excluding hydrogens is 114 g/mol. The molecule has 1 aliphatic carbocycles. The highest BCUT2D eigenvalue weighted by Gasteiger charge is 2.39. The number of rotatable bonds is 2. The van der Waals surface area contributed by atoms with Crippen LogP contribution in [-0.4, -0.2) is 13.0 Å². The summed E-state index contributed by atoms with van der Waals surface area (Å²) in [6.45, 7) is 3.61. The first-order valence-electron chi connectivity index (χ1n) is 3.13. The standard InChI is InChI=1S/C7H11NO/c1-3-5-4-6(5)7(9)8-2/h3,5-6H,1,4H2,2H3,(H,8,9)/t5-,6+/m0/s1. The van der Waals surface area contributed by atoms with Gasteiger partial charge >= 0.3 is 0 Å². The van der Waals surface area contributed by atoms with Crippen molar-refractivity contribution in [2.24, 2.45) is 11.8 Å². The zero-order chi connectivity index (χ0) is 6.85. The molecule has 0 aromatic carbocycles. The first kappa shape index (κ1) is 6.33. The molecule has 0 aromatic rings. The Labute approximate surface area is 54.9 Å². The van der Waals surface area contributed by atoms with Crippen LogP contribution in [0.3, 0.4) is 0 Å². The Kier molecular flexibility index (Phi) is 1.56. The number of hydrogen-bond acceptors (Lipinski definition) is 1. The molecule has 0 heterocycles. The summed E-state index contributed by atoms with van der Waals surface area (Å²) in [4.78, 5) is 10.8. The molecule has 1 aliphatic rings. The summed E-state index contributed by atoms with van der Waals surface area (Å²) >= 11 is 0. The third kappa shape index (κ3) is 1.12. The summed E-state index contributed by atoms with van der Waals surface area (Å²) in [6, 6.07) is 0. The lowest BCUT2D eigenvalue weighted by molar-refractivity contribution is -0.122. The summed E-state index contributed by atoms with van der Waals surface area (Å²) in [5, 5.41) is 2.60. The van der Waals surface area contributed by atoms with Crippen molar-refractivity contribution in [2.45, 2.75) is 6.42 Å². The fraction of sp³-hybridized carbons (Fsp3) is 0.571. The predicted octanol–water partition coefficient (Wildman–Crippen LogP) is 0.554. The molecule has 50 valence electrons. The topological polar surface area (TPSA) is 29.1 Å². The van der Waals surface area contributed by atoms with Gasteiger partial charge in [0.2, 0.25) is 5.91 Å². The Hall–Kier alpha value is -0.790. The maximum atomic E-state index is 10.8. The molecule has 1 amide bonds. The highest BCUT2D eigenvalue weighted by atomic mass is 16.1. The van der Waals surface area contributed by atoms with Gasteiger partial charge in [-0.25, -0.2) is 0 Å². The molecule has 0 bridgehead atoms. The van der Waals surface area contributed by atoms with E-state index < -0.39 is 0 Å². The van der Waals surface area contributed by atoms with Crippen molar-refractivity contribution in [2.75, 3.05) is 7.05 Å². The van der Waals surface area contributed by atoms with Gasteiger partial charge in [0, 0.05) is 13.0 Å². The van der Waals surface area contributed by atoms with E-state index in [9.17, 15) is 4.79 Å². The number of carbonyl (C=O) groups is 1. The van der Waals surface area contributed by atoms with Gasteiger partial charge in [0.1, 0.15) is 0 Å². The van der Waals surface area contributed by atoms with Crippen LogP contribution in [0.1, 0.15) is 6.42 Å². The zero-order valence-electron chi connectivity index (χ0n) is 5.55. The second kappa shape index (κ2) is 2.21. The van der Waals surface area contributed by atoms with Crippen LogP contribution < -0.4 is 5.32 Å². The second-order valence-corrected chi connectivity index (χ2v) is 2.36. The van der Waals surface area contributed by atoms with Crippen molar-refractivity contribution in [3.8, 4) is 0 Å². The molecule has 0 spiro atoms. The van der Waals surface area contributed by atoms with Crippen LogP contribution in [0.15, 0.2) is 12.7 Å². The molecule has 9 heavy (non-hydrogen) atoms. The smallest absolute Gasteiger partial charge is 0.223 e. The number of carbonyl (C=O) groups excluding carboxylic acids is 1. The highest BCUT2D eigenvalue weighted by Crippen LogP contribution is 2.38. The van der Waals surface area contributed by atoms with Crippen LogP contribution in [0.5, 0.6) is 0 Å². The number of allylic oxidation sites excluding steroid dienone is 1. The SMILES string of the molecule is C=C[C@H]1C[C@H]1C(=O)NC. The van der Waals surface area contributed by atoms with E-state index in [1.165, 1.54) is 0 Å². The normalized spacial score (nSPS) is 31.2. The molecule has 1 saturated carbocycles. The maximum absolute atomic E-state index is 10.8. The van der Waals surface area contributed by atoms with Crippen molar-refractivity contribution in [3.63, 3.8) is 0 Å². The fourth-order valence-corrected chi connectivity index (χ4v) is 0.962. The van der Waals surface area contributed by atoms with E-state index in [2.05, 4.69) is 11.9 Å². The average molecular weight is 125 g/mol. The third-order valence-corrected chi connectivity index (χ3v) is 1.73. The van der Waals surface area contributed by atoms with Gasteiger partial charge in [-0.1, -0.05) is 6.08 Å². The van der Waals surface area contributed by atoms with Gasteiger partial charge in [-0.15, -0.1) is 6.58 Å². The van der Waals surface area contributed by atoms with Crippen LogP contribution in [-0.2, 0) is 4.79 Å². The Morgan fingerprint density at radius 2 is 2.56 bits per heavy atom. The van der Waals surface area contributed by atoms with Gasteiger partial charge in [0.25, 0.3) is 0 Å². The molecule has 2 nitrogen and oxygen atoms in total. The van der Waals surface area contributed by atoms with Crippen molar-refractivity contribution in [1.29, 1.82) is 0 Å². The lowest BCUT2D eigenvalue weighted by atomic mass is 10.3. The van der Waals surface area contributed by atoms with Gasteiger partial charge in [-0.3, -0.25) is 4.79 Å². The molecule has 0 aliphatic heterocycles. The monoisotopic (exact) mass is 125 g/mol. The van der Waals surface area contributed by atoms with Gasteiger partial charge in [-0.2, -0.15) is 0 Å². The van der Waals surface area contributed by atoms with Crippen LogP contribution in [0.2, 0.25) is 0 Å². The summed E-state index contributed by atoms with van der Waals surface area (Å²) in [5.41, 5.74) is 0. The molecule has 1 fully saturated rings. The molecule has 2 heteroatoms. The summed E-state index contributed by atoms with van der Waals surface area (Å²) in [7, 11) is 1.67.